The highest BCUT2D eigenvalue weighted by atomic mass is 16.7. The van der Waals surface area contributed by atoms with Crippen molar-refractivity contribution in [2.45, 2.75) is 0 Å². The van der Waals surface area contributed by atoms with Gasteiger partial charge in [-0.05, 0) is 18.2 Å². The van der Waals surface area contributed by atoms with E-state index in [0.717, 1.165) is 0 Å². The largest absolute Gasteiger partial charge is 0.481 e. The first kappa shape index (κ1) is 11.5. The lowest BCUT2D eigenvalue weighted by molar-refractivity contribution is 0.174. The number of anilines is 1. The van der Waals surface area contributed by atoms with Crippen molar-refractivity contribution in [3.8, 4) is 29.0 Å². The van der Waals surface area contributed by atoms with Crippen LogP contribution in [0.2, 0.25) is 0 Å². The lowest BCUT2D eigenvalue weighted by Gasteiger charge is -2.09. The Balaban J connectivity index is 1.88. The van der Waals surface area contributed by atoms with E-state index in [1.54, 1.807) is 30.3 Å². The number of rotatable bonds is 3. The van der Waals surface area contributed by atoms with Gasteiger partial charge in [0, 0.05) is 12.1 Å². The molecule has 98 valence electrons. The molecule has 0 aliphatic carbocycles. The first-order valence-electron chi connectivity index (χ1n) is 5.64. The van der Waals surface area contributed by atoms with Crippen LogP contribution in [0.5, 0.6) is 29.0 Å². The Morgan fingerprint density at radius 3 is 2.84 bits per heavy atom. The molecule has 1 aliphatic rings. The van der Waals surface area contributed by atoms with E-state index in [4.69, 9.17) is 24.7 Å². The number of nitrogen functional groups attached to an aromatic ring is 1. The average molecular weight is 260 g/mol. The molecule has 2 aromatic rings. The molecule has 0 atom stereocenters. The number of methoxy groups -OCH3 is 1. The van der Waals surface area contributed by atoms with Gasteiger partial charge in [-0.15, -0.1) is 0 Å². The number of benzene rings is 1. The fourth-order valence-electron chi connectivity index (χ4n) is 1.68. The van der Waals surface area contributed by atoms with E-state index in [2.05, 4.69) is 4.98 Å². The molecule has 0 bridgehead atoms. The zero-order valence-electron chi connectivity index (χ0n) is 10.3. The molecule has 6 nitrogen and oxygen atoms in total. The van der Waals surface area contributed by atoms with Gasteiger partial charge < -0.3 is 24.7 Å². The Hall–Kier alpha value is -2.63. The molecule has 0 amide bonds. The summed E-state index contributed by atoms with van der Waals surface area (Å²) in [4.78, 5) is 4.14. The van der Waals surface area contributed by atoms with Gasteiger partial charge in [-0.1, -0.05) is 0 Å². The quantitative estimate of drug-likeness (QED) is 0.911. The maximum atomic E-state index is 5.81. The third kappa shape index (κ3) is 2.20. The minimum Gasteiger partial charge on any atom is -0.481 e. The van der Waals surface area contributed by atoms with Crippen LogP contribution in [0.4, 0.5) is 5.69 Å². The molecule has 1 aromatic heterocycles. The van der Waals surface area contributed by atoms with E-state index >= 15 is 0 Å². The lowest BCUT2D eigenvalue weighted by atomic mass is 10.3. The monoisotopic (exact) mass is 260 g/mol. The van der Waals surface area contributed by atoms with Crippen LogP contribution in [0.1, 0.15) is 0 Å². The molecule has 6 heteroatoms. The number of fused-ring (bicyclic) bond motifs is 1. The molecular formula is C13H12N2O4. The highest BCUT2D eigenvalue weighted by Gasteiger charge is 2.15. The molecule has 0 spiro atoms. The number of nitrogens with two attached hydrogens (primary N) is 1. The third-order valence-electron chi connectivity index (χ3n) is 2.63. The first-order valence-corrected chi connectivity index (χ1v) is 5.64. The Bertz CT molecular complexity index is 616. The molecule has 19 heavy (non-hydrogen) atoms. The van der Waals surface area contributed by atoms with Gasteiger partial charge in [-0.3, -0.25) is 0 Å². The van der Waals surface area contributed by atoms with Crippen LogP contribution in [-0.2, 0) is 0 Å². The minimum atomic E-state index is 0.221. The molecule has 0 saturated carbocycles. The van der Waals surface area contributed by atoms with Crippen LogP contribution >= 0.6 is 0 Å². The normalized spacial score (nSPS) is 12.3. The van der Waals surface area contributed by atoms with Crippen molar-refractivity contribution in [3.63, 3.8) is 0 Å². The van der Waals surface area contributed by atoms with Crippen molar-refractivity contribution in [2.24, 2.45) is 0 Å². The molecule has 2 N–H and O–H groups in total. The van der Waals surface area contributed by atoms with Crippen molar-refractivity contribution in [3.05, 3.63) is 30.3 Å². The van der Waals surface area contributed by atoms with E-state index in [0.29, 0.717) is 34.7 Å². The van der Waals surface area contributed by atoms with Crippen LogP contribution in [-0.4, -0.2) is 18.9 Å². The molecular weight excluding hydrogens is 248 g/mol. The average Bonchev–Trinajstić information content (AvgIpc) is 2.89. The number of hydrogen-bond acceptors (Lipinski definition) is 6. The second kappa shape index (κ2) is 4.56. The standard InChI is InChI=1S/C13H12N2O4/c1-16-12-5-3-9(14)13(15-12)19-8-2-4-10-11(6-8)18-7-17-10/h2-6H,7,14H2,1H3. The van der Waals surface area contributed by atoms with Crippen LogP contribution < -0.4 is 24.7 Å². The summed E-state index contributed by atoms with van der Waals surface area (Å²) in [6.07, 6.45) is 0. The maximum Gasteiger partial charge on any atom is 0.246 e. The van der Waals surface area contributed by atoms with Gasteiger partial charge in [-0.25, -0.2) is 0 Å². The van der Waals surface area contributed by atoms with Crippen LogP contribution in [0, 0.1) is 0 Å². The molecule has 3 rings (SSSR count). The van der Waals surface area contributed by atoms with E-state index in [1.807, 2.05) is 0 Å². The third-order valence-corrected chi connectivity index (χ3v) is 2.63. The summed E-state index contributed by atoms with van der Waals surface area (Å²) < 4.78 is 21.2. The summed E-state index contributed by atoms with van der Waals surface area (Å²) in [5.74, 6) is 2.62. The van der Waals surface area contributed by atoms with Crippen LogP contribution in [0.3, 0.4) is 0 Å². The van der Waals surface area contributed by atoms with E-state index in [9.17, 15) is 0 Å². The summed E-state index contributed by atoms with van der Waals surface area (Å²) in [6, 6.07) is 8.60. The fraction of sp³-hybridized carbons (Fsp3) is 0.154. The predicted octanol–water partition coefficient (Wildman–Crippen LogP) is 2.19. The highest BCUT2D eigenvalue weighted by molar-refractivity contribution is 5.53. The zero-order valence-corrected chi connectivity index (χ0v) is 10.3. The summed E-state index contributed by atoms with van der Waals surface area (Å²) >= 11 is 0. The van der Waals surface area contributed by atoms with E-state index < -0.39 is 0 Å². The number of nitrogens with zero attached hydrogens (tertiary/aromatic N) is 1. The van der Waals surface area contributed by atoms with Crippen molar-refractivity contribution in [1.29, 1.82) is 0 Å². The van der Waals surface area contributed by atoms with E-state index in [1.165, 1.54) is 7.11 Å². The smallest absolute Gasteiger partial charge is 0.246 e. The lowest BCUT2D eigenvalue weighted by Crippen LogP contribution is -1.97. The minimum absolute atomic E-state index is 0.221. The van der Waals surface area contributed by atoms with Crippen molar-refractivity contribution >= 4 is 5.69 Å². The summed E-state index contributed by atoms with van der Waals surface area (Å²) in [6.45, 7) is 0.221. The maximum absolute atomic E-state index is 5.81. The zero-order chi connectivity index (χ0) is 13.2. The SMILES string of the molecule is COc1ccc(N)c(Oc2ccc3c(c2)OCO3)n1. The molecule has 2 heterocycles. The number of pyridine rings is 1. The number of hydrogen-bond donors (Lipinski definition) is 1. The van der Waals surface area contributed by atoms with Gasteiger partial charge in [0.25, 0.3) is 0 Å². The predicted molar refractivity (Wildman–Crippen MR) is 67.8 cm³/mol. The summed E-state index contributed by atoms with van der Waals surface area (Å²) in [5.41, 5.74) is 6.23. The molecule has 0 fully saturated rings. The van der Waals surface area contributed by atoms with Gasteiger partial charge in [0.05, 0.1) is 12.8 Å². The molecule has 0 radical (unpaired) electrons. The Morgan fingerprint density at radius 1 is 1.16 bits per heavy atom. The van der Waals surface area contributed by atoms with Gasteiger partial charge in [0.15, 0.2) is 11.5 Å². The van der Waals surface area contributed by atoms with Gasteiger partial charge >= 0.3 is 0 Å². The fourth-order valence-corrected chi connectivity index (χ4v) is 1.68. The van der Waals surface area contributed by atoms with Crippen molar-refractivity contribution in [2.75, 3.05) is 19.6 Å². The number of ether oxygens (including phenoxy) is 4. The van der Waals surface area contributed by atoms with Crippen LogP contribution in [0.15, 0.2) is 30.3 Å². The second-order valence-electron chi connectivity index (χ2n) is 3.87. The van der Waals surface area contributed by atoms with Gasteiger partial charge in [0.1, 0.15) is 5.75 Å². The molecule has 1 aromatic carbocycles. The number of aromatic nitrogens is 1. The summed E-state index contributed by atoms with van der Waals surface area (Å²) in [5, 5.41) is 0. The second-order valence-corrected chi connectivity index (χ2v) is 3.87. The topological polar surface area (TPSA) is 75.8 Å². The van der Waals surface area contributed by atoms with Gasteiger partial charge in [-0.2, -0.15) is 4.98 Å². The molecule has 1 aliphatic heterocycles. The molecule has 0 unspecified atom stereocenters. The Kier molecular flexibility index (Phi) is 2.75. The highest BCUT2D eigenvalue weighted by Crippen LogP contribution is 2.37. The van der Waals surface area contributed by atoms with E-state index in [-0.39, 0.29) is 6.79 Å². The van der Waals surface area contributed by atoms with Crippen molar-refractivity contribution < 1.29 is 18.9 Å². The van der Waals surface area contributed by atoms with Crippen LogP contribution in [0.25, 0.3) is 0 Å². The Morgan fingerprint density at radius 2 is 2.00 bits per heavy atom. The first-order chi connectivity index (χ1) is 9.26. The van der Waals surface area contributed by atoms with Crippen molar-refractivity contribution in [1.82, 2.24) is 4.98 Å². The molecule has 0 saturated heterocycles. The Labute approximate surface area is 109 Å². The van der Waals surface area contributed by atoms with Gasteiger partial charge in [0.2, 0.25) is 18.6 Å². The summed E-state index contributed by atoms with van der Waals surface area (Å²) in [7, 11) is 1.53.